The number of anilines is 2. The van der Waals surface area contributed by atoms with Crippen LogP contribution < -0.4 is 10.6 Å². The topological polar surface area (TPSA) is 104 Å². The highest BCUT2D eigenvalue weighted by Crippen LogP contribution is 2.30. The van der Waals surface area contributed by atoms with Crippen molar-refractivity contribution in [2.24, 2.45) is 0 Å². The van der Waals surface area contributed by atoms with Gasteiger partial charge in [-0.25, -0.2) is 4.21 Å². The molecule has 0 aliphatic rings. The molecule has 0 saturated heterocycles. The minimum atomic E-state index is -1.85. The smallest absolute Gasteiger partial charge is 0.212 e. The summed E-state index contributed by atoms with van der Waals surface area (Å²) in [5.41, 5.74) is 4.12. The lowest BCUT2D eigenvalue weighted by molar-refractivity contribution is -0.105. The van der Waals surface area contributed by atoms with Crippen molar-refractivity contribution in [3.8, 4) is 11.1 Å². The monoisotopic (exact) mass is 356 g/mol. The zero-order chi connectivity index (χ0) is 17.8. The molecule has 1 aromatic heterocycles. The van der Waals surface area contributed by atoms with Gasteiger partial charge in [-0.05, 0) is 28.8 Å². The third kappa shape index (κ3) is 3.65. The van der Waals surface area contributed by atoms with Crippen molar-refractivity contribution in [3.05, 3.63) is 48.0 Å². The van der Waals surface area contributed by atoms with Crippen LogP contribution in [0.3, 0.4) is 0 Å². The molecule has 3 N–H and O–H groups in total. The number of benzene rings is 2. The summed E-state index contributed by atoms with van der Waals surface area (Å²) in [6, 6.07) is 13.2. The summed E-state index contributed by atoms with van der Waals surface area (Å²) in [6.45, 7) is 0. The van der Waals surface area contributed by atoms with E-state index in [4.69, 9.17) is 4.55 Å². The van der Waals surface area contributed by atoms with Crippen molar-refractivity contribution >= 4 is 39.9 Å². The Balaban J connectivity index is 2.00. The van der Waals surface area contributed by atoms with E-state index in [0.29, 0.717) is 23.4 Å². The summed E-state index contributed by atoms with van der Waals surface area (Å²) < 4.78 is 19.8. The number of hydrogen-bond donors (Lipinski definition) is 3. The summed E-state index contributed by atoms with van der Waals surface area (Å²) >= 11 is -1.85. The number of hydrogen-bond acceptors (Lipinski definition) is 5. The molecule has 1 amide bonds. The Morgan fingerprint density at radius 1 is 1.12 bits per heavy atom. The molecule has 0 saturated carbocycles. The molecular formula is C17H16N4O3S. The highest BCUT2D eigenvalue weighted by atomic mass is 32.2. The van der Waals surface area contributed by atoms with Crippen molar-refractivity contribution < 1.29 is 13.6 Å². The molecular weight excluding hydrogens is 340 g/mol. The van der Waals surface area contributed by atoms with Crippen molar-refractivity contribution in [1.82, 2.24) is 10.2 Å². The maximum absolute atomic E-state index is 10.9. The number of nitrogens with one attached hydrogen (secondary N) is 2. The Hall–Kier alpha value is -2.84. The Kier molecular flexibility index (Phi) is 5.01. The summed E-state index contributed by atoms with van der Waals surface area (Å²) in [5, 5.41) is 14.6. The molecule has 1 heterocycles. The minimum absolute atomic E-state index is 0.113. The molecule has 0 fully saturated rings. The second-order valence-corrected chi connectivity index (χ2v) is 6.26. The largest absolute Gasteiger partial charge is 0.385 e. The maximum Gasteiger partial charge on any atom is 0.212 e. The molecule has 1 atom stereocenters. The average molecular weight is 356 g/mol. The fourth-order valence-corrected chi connectivity index (χ4v) is 3.11. The molecule has 0 aliphatic carbocycles. The van der Waals surface area contributed by atoms with E-state index in [9.17, 15) is 9.00 Å². The molecule has 8 heteroatoms. The molecule has 1 unspecified atom stereocenters. The van der Waals surface area contributed by atoms with Gasteiger partial charge in [0.05, 0.1) is 17.0 Å². The van der Waals surface area contributed by atoms with Gasteiger partial charge in [-0.15, -0.1) is 10.2 Å². The number of carbonyl (C=O) groups excluding carboxylic acids is 1. The molecule has 0 radical (unpaired) electrons. The number of fused-ring (bicyclic) bond motifs is 1. The van der Waals surface area contributed by atoms with Crippen LogP contribution in [0.2, 0.25) is 0 Å². The normalized spacial score (nSPS) is 11.9. The molecule has 128 valence electrons. The van der Waals surface area contributed by atoms with Crippen molar-refractivity contribution in [2.45, 2.75) is 5.75 Å². The Bertz CT molecular complexity index is 945. The Morgan fingerprint density at radius 2 is 1.84 bits per heavy atom. The highest BCUT2D eigenvalue weighted by molar-refractivity contribution is 7.78. The Labute approximate surface area is 146 Å². The van der Waals surface area contributed by atoms with Gasteiger partial charge in [-0.2, -0.15) is 0 Å². The quantitative estimate of drug-likeness (QED) is 0.463. The predicted octanol–water partition coefficient (Wildman–Crippen LogP) is 2.63. The summed E-state index contributed by atoms with van der Waals surface area (Å²) in [5.74, 6) is 0.487. The van der Waals surface area contributed by atoms with Crippen LogP contribution in [0.15, 0.2) is 42.5 Å². The zero-order valence-electron chi connectivity index (χ0n) is 13.4. The highest BCUT2D eigenvalue weighted by Gasteiger charge is 2.10. The minimum Gasteiger partial charge on any atom is -0.385 e. The van der Waals surface area contributed by atoms with Gasteiger partial charge in [0, 0.05) is 12.4 Å². The van der Waals surface area contributed by atoms with Crippen LogP contribution in [0.1, 0.15) is 5.56 Å². The first-order valence-corrected chi connectivity index (χ1v) is 8.75. The third-order valence-electron chi connectivity index (χ3n) is 3.78. The molecule has 3 rings (SSSR count). The molecule has 0 aliphatic heterocycles. The number of rotatable bonds is 6. The van der Waals surface area contributed by atoms with Gasteiger partial charge in [-0.3, -0.25) is 4.79 Å². The Morgan fingerprint density at radius 3 is 2.48 bits per heavy atom. The van der Waals surface area contributed by atoms with Crippen LogP contribution in [0.4, 0.5) is 11.5 Å². The fraction of sp³-hybridized carbons (Fsp3) is 0.118. The first kappa shape index (κ1) is 17.0. The van der Waals surface area contributed by atoms with Gasteiger partial charge in [0.2, 0.25) is 6.41 Å². The predicted molar refractivity (Wildman–Crippen MR) is 98.7 cm³/mol. The molecule has 7 nitrogen and oxygen atoms in total. The van der Waals surface area contributed by atoms with E-state index in [1.807, 2.05) is 42.5 Å². The second-order valence-electron chi connectivity index (χ2n) is 5.33. The van der Waals surface area contributed by atoms with E-state index in [0.717, 1.165) is 22.1 Å². The molecule has 0 spiro atoms. The van der Waals surface area contributed by atoms with Crippen LogP contribution >= 0.6 is 0 Å². The van der Waals surface area contributed by atoms with Crippen molar-refractivity contribution in [1.29, 1.82) is 0 Å². The van der Waals surface area contributed by atoms with Gasteiger partial charge in [-0.1, -0.05) is 30.3 Å². The standard InChI is InChI=1S/C17H16N4O3S/c1-18-16-14-7-6-13(8-15(14)20-21-17(16)19-10-22)12-4-2-11(3-5-12)9-25(23)24/h2-8,10H,9H2,1H3,(H,18,20)(H,23,24)(H,19,21,22). The van der Waals surface area contributed by atoms with Gasteiger partial charge < -0.3 is 15.2 Å². The number of nitrogens with zero attached hydrogens (tertiary/aromatic N) is 2. The number of amides is 1. The molecule has 3 aromatic rings. The SMILES string of the molecule is CNc1c(NC=O)nnc2cc(-c3ccc(CS(=O)O)cc3)ccc12. The van der Waals surface area contributed by atoms with Crippen LogP contribution in [0.5, 0.6) is 0 Å². The second kappa shape index (κ2) is 7.37. The number of carbonyl (C=O) groups is 1. The van der Waals surface area contributed by atoms with Crippen LogP contribution in [0, 0.1) is 0 Å². The van der Waals surface area contributed by atoms with Crippen molar-refractivity contribution in [2.75, 3.05) is 17.7 Å². The molecule has 25 heavy (non-hydrogen) atoms. The van der Waals surface area contributed by atoms with Gasteiger partial charge in [0.25, 0.3) is 0 Å². The van der Waals surface area contributed by atoms with E-state index in [2.05, 4.69) is 20.8 Å². The van der Waals surface area contributed by atoms with Crippen LogP contribution in [0.25, 0.3) is 22.0 Å². The first-order chi connectivity index (χ1) is 12.1. The lowest BCUT2D eigenvalue weighted by Crippen LogP contribution is -2.04. The maximum atomic E-state index is 10.9. The molecule has 0 bridgehead atoms. The van der Waals surface area contributed by atoms with E-state index in [-0.39, 0.29) is 5.75 Å². The van der Waals surface area contributed by atoms with Crippen molar-refractivity contribution in [3.63, 3.8) is 0 Å². The fourth-order valence-electron chi connectivity index (χ4n) is 2.63. The summed E-state index contributed by atoms with van der Waals surface area (Å²) in [4.78, 5) is 10.7. The van der Waals surface area contributed by atoms with E-state index >= 15 is 0 Å². The summed E-state index contributed by atoms with van der Waals surface area (Å²) in [6.07, 6.45) is 0.562. The molecule has 2 aromatic carbocycles. The van der Waals surface area contributed by atoms with Gasteiger partial charge >= 0.3 is 0 Å². The summed E-state index contributed by atoms with van der Waals surface area (Å²) in [7, 11) is 1.75. The first-order valence-electron chi connectivity index (χ1n) is 7.47. The average Bonchev–Trinajstić information content (AvgIpc) is 2.61. The zero-order valence-corrected chi connectivity index (χ0v) is 14.2. The van der Waals surface area contributed by atoms with Crippen LogP contribution in [-0.2, 0) is 21.6 Å². The lowest BCUT2D eigenvalue weighted by atomic mass is 10.0. The van der Waals surface area contributed by atoms with E-state index < -0.39 is 11.1 Å². The van der Waals surface area contributed by atoms with Crippen LogP contribution in [-0.4, -0.2) is 32.4 Å². The van der Waals surface area contributed by atoms with E-state index in [1.165, 1.54) is 0 Å². The number of aromatic nitrogens is 2. The third-order valence-corrected chi connectivity index (χ3v) is 4.36. The van der Waals surface area contributed by atoms with Gasteiger partial charge in [0.1, 0.15) is 0 Å². The van der Waals surface area contributed by atoms with Gasteiger partial charge in [0.15, 0.2) is 16.9 Å². The lowest BCUT2D eigenvalue weighted by Gasteiger charge is -2.11. The van der Waals surface area contributed by atoms with E-state index in [1.54, 1.807) is 7.05 Å².